The quantitative estimate of drug-likeness (QED) is 0.502. The van der Waals surface area contributed by atoms with Crippen LogP contribution in [-0.4, -0.2) is 31.7 Å². The van der Waals surface area contributed by atoms with Crippen LogP contribution < -0.4 is 4.74 Å². The molecule has 2 N–H and O–H groups in total. The van der Waals surface area contributed by atoms with Crippen molar-refractivity contribution in [3.63, 3.8) is 0 Å². The van der Waals surface area contributed by atoms with E-state index >= 15 is 0 Å². The maximum Gasteiger partial charge on any atom is 0.307 e. The highest BCUT2D eigenvalue weighted by Crippen LogP contribution is 2.26. The highest BCUT2D eigenvalue weighted by Gasteiger charge is 2.09. The molecular formula is C22H18N4O3. The number of aromatic nitrogens is 4. The fourth-order valence-corrected chi connectivity index (χ4v) is 3.08. The van der Waals surface area contributed by atoms with Crippen LogP contribution in [0.2, 0.25) is 0 Å². The van der Waals surface area contributed by atoms with Gasteiger partial charge in [0.25, 0.3) is 0 Å². The SMILES string of the molecule is O=C(O)Cc1ccccc1OCc1cccc(-c2cccc(-c3nn[nH]n3)c2)c1. The van der Waals surface area contributed by atoms with Gasteiger partial charge >= 0.3 is 5.97 Å². The van der Waals surface area contributed by atoms with Crippen LogP contribution in [0.4, 0.5) is 0 Å². The summed E-state index contributed by atoms with van der Waals surface area (Å²) in [4.78, 5) is 11.0. The molecule has 0 saturated heterocycles. The van der Waals surface area contributed by atoms with Crippen molar-refractivity contribution < 1.29 is 14.6 Å². The zero-order valence-electron chi connectivity index (χ0n) is 15.4. The summed E-state index contributed by atoms with van der Waals surface area (Å²) in [5.41, 5.74) is 4.58. The lowest BCUT2D eigenvalue weighted by Gasteiger charge is -2.11. The lowest BCUT2D eigenvalue weighted by Crippen LogP contribution is -2.04. The van der Waals surface area contributed by atoms with Gasteiger partial charge in [-0.25, -0.2) is 0 Å². The minimum atomic E-state index is -0.885. The number of aliphatic carboxylic acids is 1. The van der Waals surface area contributed by atoms with Gasteiger partial charge in [-0.1, -0.05) is 54.6 Å². The fourth-order valence-electron chi connectivity index (χ4n) is 3.08. The summed E-state index contributed by atoms with van der Waals surface area (Å²) in [7, 11) is 0. The Morgan fingerprint density at radius 2 is 1.69 bits per heavy atom. The molecule has 4 rings (SSSR count). The third-order valence-corrected chi connectivity index (χ3v) is 4.44. The molecule has 0 aliphatic heterocycles. The van der Waals surface area contributed by atoms with Crippen LogP contribution in [0.1, 0.15) is 11.1 Å². The van der Waals surface area contributed by atoms with E-state index < -0.39 is 5.97 Å². The van der Waals surface area contributed by atoms with E-state index in [9.17, 15) is 4.79 Å². The fraction of sp³-hybridized carbons (Fsp3) is 0.0909. The van der Waals surface area contributed by atoms with Gasteiger partial charge in [-0.3, -0.25) is 4.79 Å². The number of carboxylic acids is 1. The monoisotopic (exact) mass is 386 g/mol. The Hall–Kier alpha value is -4.00. The maximum absolute atomic E-state index is 11.0. The van der Waals surface area contributed by atoms with Crippen LogP contribution in [0.15, 0.2) is 72.8 Å². The average molecular weight is 386 g/mol. The first-order valence-corrected chi connectivity index (χ1v) is 9.05. The number of carboxylic acid groups (broad SMARTS) is 1. The summed E-state index contributed by atoms with van der Waals surface area (Å²) in [5, 5.41) is 23.2. The first kappa shape index (κ1) is 18.4. The largest absolute Gasteiger partial charge is 0.489 e. The van der Waals surface area contributed by atoms with Gasteiger partial charge in [-0.15, -0.1) is 10.2 Å². The second-order valence-electron chi connectivity index (χ2n) is 6.48. The number of para-hydroxylation sites is 1. The van der Waals surface area contributed by atoms with E-state index in [2.05, 4.69) is 26.7 Å². The van der Waals surface area contributed by atoms with E-state index in [1.54, 1.807) is 12.1 Å². The van der Waals surface area contributed by atoms with Crippen LogP contribution in [0.25, 0.3) is 22.5 Å². The maximum atomic E-state index is 11.0. The highest BCUT2D eigenvalue weighted by atomic mass is 16.5. The highest BCUT2D eigenvalue weighted by molar-refractivity contribution is 5.71. The van der Waals surface area contributed by atoms with Gasteiger partial charge < -0.3 is 9.84 Å². The predicted molar refractivity (Wildman–Crippen MR) is 107 cm³/mol. The van der Waals surface area contributed by atoms with Crippen molar-refractivity contribution >= 4 is 5.97 Å². The van der Waals surface area contributed by atoms with Crippen molar-refractivity contribution in [3.05, 3.63) is 83.9 Å². The Bertz CT molecular complexity index is 1130. The van der Waals surface area contributed by atoms with Gasteiger partial charge in [0, 0.05) is 11.1 Å². The van der Waals surface area contributed by atoms with Crippen molar-refractivity contribution in [3.8, 4) is 28.3 Å². The van der Waals surface area contributed by atoms with Gasteiger partial charge in [-0.05, 0) is 40.1 Å². The molecule has 7 nitrogen and oxygen atoms in total. The smallest absolute Gasteiger partial charge is 0.307 e. The normalized spacial score (nSPS) is 10.6. The molecule has 1 aromatic heterocycles. The number of hydrogen-bond donors (Lipinski definition) is 2. The third kappa shape index (κ3) is 4.47. The number of benzene rings is 3. The molecule has 0 aliphatic carbocycles. The van der Waals surface area contributed by atoms with E-state index in [0.717, 1.165) is 22.3 Å². The Kier molecular flexibility index (Phi) is 5.29. The lowest BCUT2D eigenvalue weighted by molar-refractivity contribution is -0.136. The zero-order valence-corrected chi connectivity index (χ0v) is 15.4. The zero-order chi connectivity index (χ0) is 20.1. The molecule has 0 aliphatic rings. The summed E-state index contributed by atoms with van der Waals surface area (Å²) >= 11 is 0. The van der Waals surface area contributed by atoms with E-state index in [1.807, 2.05) is 54.6 Å². The average Bonchev–Trinajstić information content (AvgIpc) is 3.28. The number of tetrazole rings is 1. The molecule has 0 radical (unpaired) electrons. The van der Waals surface area contributed by atoms with Crippen LogP contribution >= 0.6 is 0 Å². The summed E-state index contributed by atoms with van der Waals surface area (Å²) in [6, 6.07) is 23.1. The predicted octanol–water partition coefficient (Wildman–Crippen LogP) is 3.74. The van der Waals surface area contributed by atoms with Gasteiger partial charge in [0.2, 0.25) is 5.82 Å². The lowest BCUT2D eigenvalue weighted by atomic mass is 10.0. The molecule has 4 aromatic rings. The molecule has 0 unspecified atom stereocenters. The number of carbonyl (C=O) groups is 1. The van der Waals surface area contributed by atoms with Crippen molar-refractivity contribution in [2.75, 3.05) is 0 Å². The van der Waals surface area contributed by atoms with Gasteiger partial charge in [0.15, 0.2) is 0 Å². The van der Waals surface area contributed by atoms with Crippen LogP contribution in [0.5, 0.6) is 5.75 Å². The van der Waals surface area contributed by atoms with E-state index in [4.69, 9.17) is 9.84 Å². The molecule has 0 saturated carbocycles. The number of nitrogens with zero attached hydrogens (tertiary/aromatic N) is 3. The molecule has 0 spiro atoms. The standard InChI is InChI=1S/C22H18N4O3/c27-21(28)13-18-6-1-2-10-20(18)29-14-15-5-3-7-16(11-15)17-8-4-9-19(12-17)22-23-25-26-24-22/h1-12H,13-14H2,(H,27,28)(H,23,24,25,26). The molecule has 0 atom stereocenters. The summed E-state index contributed by atoms with van der Waals surface area (Å²) < 4.78 is 5.90. The van der Waals surface area contributed by atoms with Gasteiger partial charge in [0.1, 0.15) is 12.4 Å². The summed E-state index contributed by atoms with van der Waals surface area (Å²) in [6.45, 7) is 0.342. The minimum absolute atomic E-state index is 0.0703. The number of nitrogens with one attached hydrogen (secondary N) is 1. The summed E-state index contributed by atoms with van der Waals surface area (Å²) in [5.74, 6) is 0.241. The van der Waals surface area contributed by atoms with Crippen molar-refractivity contribution in [2.24, 2.45) is 0 Å². The molecule has 7 heteroatoms. The number of ether oxygens (including phenoxy) is 1. The molecule has 0 amide bonds. The molecule has 1 heterocycles. The van der Waals surface area contributed by atoms with Crippen LogP contribution in [0, 0.1) is 0 Å². The van der Waals surface area contributed by atoms with E-state index in [1.165, 1.54) is 0 Å². The van der Waals surface area contributed by atoms with Crippen LogP contribution in [0.3, 0.4) is 0 Å². The number of rotatable bonds is 7. The van der Waals surface area contributed by atoms with Gasteiger partial charge in [0.05, 0.1) is 6.42 Å². The number of aromatic amines is 1. The number of hydrogen-bond acceptors (Lipinski definition) is 5. The van der Waals surface area contributed by atoms with E-state index in [0.29, 0.717) is 23.7 Å². The first-order chi connectivity index (χ1) is 14.2. The molecule has 29 heavy (non-hydrogen) atoms. The molecule has 144 valence electrons. The Morgan fingerprint density at radius 1 is 0.931 bits per heavy atom. The molecule has 0 fully saturated rings. The summed E-state index contributed by atoms with van der Waals surface area (Å²) in [6.07, 6.45) is -0.0703. The second kappa shape index (κ2) is 8.35. The third-order valence-electron chi connectivity index (χ3n) is 4.44. The molecule has 0 bridgehead atoms. The first-order valence-electron chi connectivity index (χ1n) is 9.05. The topological polar surface area (TPSA) is 101 Å². The minimum Gasteiger partial charge on any atom is -0.489 e. The Labute approximate surface area is 167 Å². The Balaban J connectivity index is 1.53. The second-order valence-corrected chi connectivity index (χ2v) is 6.48. The Morgan fingerprint density at radius 3 is 2.48 bits per heavy atom. The van der Waals surface area contributed by atoms with Crippen molar-refractivity contribution in [1.29, 1.82) is 0 Å². The molecular weight excluding hydrogens is 368 g/mol. The number of H-pyrrole nitrogens is 1. The van der Waals surface area contributed by atoms with E-state index in [-0.39, 0.29) is 6.42 Å². The molecule has 3 aromatic carbocycles. The van der Waals surface area contributed by atoms with Crippen LogP contribution in [-0.2, 0) is 17.8 Å². The van der Waals surface area contributed by atoms with Gasteiger partial charge in [-0.2, -0.15) is 5.21 Å². The van der Waals surface area contributed by atoms with Crippen molar-refractivity contribution in [1.82, 2.24) is 20.6 Å². The van der Waals surface area contributed by atoms with Crippen molar-refractivity contribution in [2.45, 2.75) is 13.0 Å².